The molecule has 0 amide bonds. The van der Waals surface area contributed by atoms with Crippen molar-refractivity contribution in [3.8, 4) is 22.6 Å². The van der Waals surface area contributed by atoms with Gasteiger partial charge in [0.1, 0.15) is 11.5 Å². The van der Waals surface area contributed by atoms with E-state index in [0.29, 0.717) is 23.5 Å². The Morgan fingerprint density at radius 2 is 1.70 bits per heavy atom. The van der Waals surface area contributed by atoms with Crippen LogP contribution in [0.5, 0.6) is 11.5 Å². The van der Waals surface area contributed by atoms with Gasteiger partial charge in [-0.3, -0.25) is 0 Å². The fourth-order valence-corrected chi connectivity index (χ4v) is 2.42. The molecule has 2 nitrogen and oxygen atoms in total. The number of hydrogen-bond acceptors (Lipinski definition) is 2. The molecule has 0 radical (unpaired) electrons. The van der Waals surface area contributed by atoms with E-state index in [0.717, 1.165) is 17.3 Å². The van der Waals surface area contributed by atoms with Crippen molar-refractivity contribution in [1.82, 2.24) is 0 Å². The minimum Gasteiger partial charge on any atom is -0.493 e. The van der Waals surface area contributed by atoms with Crippen molar-refractivity contribution in [3.05, 3.63) is 48.0 Å². The first-order chi connectivity index (χ1) is 10.9. The number of halogens is 4. The second-order valence-electron chi connectivity index (χ2n) is 4.89. The Morgan fingerprint density at radius 3 is 2.39 bits per heavy atom. The minimum absolute atomic E-state index is 0.240. The van der Waals surface area contributed by atoms with Crippen LogP contribution < -0.4 is 9.47 Å². The highest BCUT2D eigenvalue weighted by molar-refractivity contribution is 9.09. The van der Waals surface area contributed by atoms with Crippen molar-refractivity contribution in [2.75, 3.05) is 11.9 Å². The summed E-state index contributed by atoms with van der Waals surface area (Å²) in [5.41, 5.74) is 1.79. The standard InChI is InChI=1S/C17H16BrF3O2/c1-12-6-4-8-14(16(12)22-11-5-10-18)13-7-2-3-9-15(13)23-17(19,20)21/h2-4,6-9H,5,10-11H2,1H3. The highest BCUT2D eigenvalue weighted by atomic mass is 79.9. The molecule has 0 saturated carbocycles. The van der Waals surface area contributed by atoms with Crippen molar-refractivity contribution in [1.29, 1.82) is 0 Å². The summed E-state index contributed by atoms with van der Waals surface area (Å²) in [6.07, 6.45) is -3.94. The normalized spacial score (nSPS) is 11.3. The largest absolute Gasteiger partial charge is 0.573 e. The quantitative estimate of drug-likeness (QED) is 0.465. The van der Waals surface area contributed by atoms with Gasteiger partial charge in [0.15, 0.2) is 0 Å². The number of hydrogen-bond donors (Lipinski definition) is 0. The zero-order valence-corrected chi connectivity index (χ0v) is 14.1. The van der Waals surface area contributed by atoms with Gasteiger partial charge in [0.05, 0.1) is 6.61 Å². The minimum atomic E-state index is -4.74. The van der Waals surface area contributed by atoms with Gasteiger partial charge in [0.2, 0.25) is 0 Å². The summed E-state index contributed by atoms with van der Waals surface area (Å²) in [6.45, 7) is 2.34. The molecule has 23 heavy (non-hydrogen) atoms. The summed E-state index contributed by atoms with van der Waals surface area (Å²) >= 11 is 3.32. The first kappa shape index (κ1) is 17.7. The number of para-hydroxylation sites is 2. The Balaban J connectivity index is 2.44. The summed E-state index contributed by atoms with van der Waals surface area (Å²) < 4.78 is 47.7. The van der Waals surface area contributed by atoms with Crippen molar-refractivity contribution in [2.45, 2.75) is 19.7 Å². The maximum absolute atomic E-state index is 12.6. The summed E-state index contributed by atoms with van der Waals surface area (Å²) in [5.74, 6) is 0.336. The van der Waals surface area contributed by atoms with Crippen LogP contribution in [-0.4, -0.2) is 18.3 Å². The first-order valence-corrected chi connectivity index (χ1v) is 8.18. The number of aryl methyl sites for hydroxylation is 1. The highest BCUT2D eigenvalue weighted by Gasteiger charge is 2.32. The molecule has 6 heteroatoms. The van der Waals surface area contributed by atoms with Gasteiger partial charge < -0.3 is 9.47 Å². The summed E-state index contributed by atoms with van der Waals surface area (Å²) in [6, 6.07) is 11.4. The van der Waals surface area contributed by atoms with Gasteiger partial charge in [0, 0.05) is 16.5 Å². The van der Waals surface area contributed by atoms with E-state index >= 15 is 0 Å². The predicted octanol–water partition coefficient (Wildman–Crippen LogP) is 5.72. The lowest BCUT2D eigenvalue weighted by molar-refractivity contribution is -0.274. The number of rotatable bonds is 6. The second kappa shape index (κ2) is 7.73. The molecule has 0 atom stereocenters. The van der Waals surface area contributed by atoms with E-state index in [1.165, 1.54) is 12.1 Å². The van der Waals surface area contributed by atoms with Crippen molar-refractivity contribution in [3.63, 3.8) is 0 Å². The zero-order chi connectivity index (χ0) is 16.9. The van der Waals surface area contributed by atoms with Crippen LogP contribution in [0, 0.1) is 6.92 Å². The van der Waals surface area contributed by atoms with E-state index in [9.17, 15) is 13.2 Å². The maximum atomic E-state index is 12.6. The molecular weight excluding hydrogens is 373 g/mol. The van der Waals surface area contributed by atoms with Crippen LogP contribution in [0.1, 0.15) is 12.0 Å². The third-order valence-corrected chi connectivity index (χ3v) is 3.70. The fraction of sp³-hybridized carbons (Fsp3) is 0.294. The lowest BCUT2D eigenvalue weighted by atomic mass is 10.0. The first-order valence-electron chi connectivity index (χ1n) is 7.06. The van der Waals surface area contributed by atoms with Crippen molar-refractivity contribution >= 4 is 15.9 Å². The Kier molecular flexibility index (Phi) is 5.93. The molecule has 0 spiro atoms. The molecule has 124 valence electrons. The molecule has 0 unspecified atom stereocenters. The Labute approximate surface area is 141 Å². The number of alkyl halides is 4. The molecule has 0 aliphatic heterocycles. The molecule has 0 fully saturated rings. The van der Waals surface area contributed by atoms with Gasteiger partial charge in [-0.2, -0.15) is 0 Å². The van der Waals surface area contributed by atoms with Crippen molar-refractivity contribution < 1.29 is 22.6 Å². The van der Waals surface area contributed by atoms with E-state index in [1.807, 2.05) is 13.0 Å². The number of ether oxygens (including phenoxy) is 2. The Morgan fingerprint density at radius 1 is 1.00 bits per heavy atom. The lowest BCUT2D eigenvalue weighted by Crippen LogP contribution is -2.17. The molecular formula is C17H16BrF3O2. The van der Waals surface area contributed by atoms with Gasteiger partial charge in [-0.1, -0.05) is 52.3 Å². The van der Waals surface area contributed by atoms with Crippen LogP contribution in [0.15, 0.2) is 42.5 Å². The van der Waals surface area contributed by atoms with E-state index in [4.69, 9.17) is 4.74 Å². The van der Waals surface area contributed by atoms with Crippen LogP contribution in [0.3, 0.4) is 0 Å². The molecule has 0 heterocycles. The summed E-state index contributed by atoms with van der Waals surface area (Å²) in [5, 5.41) is 0.794. The topological polar surface area (TPSA) is 18.5 Å². The van der Waals surface area contributed by atoms with E-state index in [2.05, 4.69) is 20.7 Å². The molecule has 2 aromatic carbocycles. The van der Waals surface area contributed by atoms with Crippen LogP contribution in [0.4, 0.5) is 13.2 Å². The van der Waals surface area contributed by atoms with E-state index < -0.39 is 6.36 Å². The average Bonchev–Trinajstić information content (AvgIpc) is 2.48. The summed E-state index contributed by atoms with van der Waals surface area (Å²) in [7, 11) is 0. The van der Waals surface area contributed by atoms with Gasteiger partial charge in [0.25, 0.3) is 0 Å². The zero-order valence-electron chi connectivity index (χ0n) is 12.5. The molecule has 0 saturated heterocycles. The van der Waals surface area contributed by atoms with Crippen molar-refractivity contribution in [2.24, 2.45) is 0 Å². The SMILES string of the molecule is Cc1cccc(-c2ccccc2OC(F)(F)F)c1OCCCBr. The Bertz CT molecular complexity index is 657. The van der Waals surface area contributed by atoms with Crippen LogP contribution >= 0.6 is 15.9 Å². The van der Waals surface area contributed by atoms with Crippen LogP contribution in [-0.2, 0) is 0 Å². The third-order valence-electron chi connectivity index (χ3n) is 3.14. The molecule has 0 bridgehead atoms. The van der Waals surface area contributed by atoms with Gasteiger partial charge in [-0.15, -0.1) is 13.2 Å². The third kappa shape index (κ3) is 4.89. The fourth-order valence-electron chi connectivity index (χ4n) is 2.19. The monoisotopic (exact) mass is 388 g/mol. The average molecular weight is 389 g/mol. The lowest BCUT2D eigenvalue weighted by Gasteiger charge is -2.17. The van der Waals surface area contributed by atoms with E-state index in [1.54, 1.807) is 24.3 Å². The van der Waals surface area contributed by atoms with Crippen LogP contribution in [0.25, 0.3) is 11.1 Å². The number of benzene rings is 2. The van der Waals surface area contributed by atoms with Gasteiger partial charge in [-0.05, 0) is 25.0 Å². The van der Waals surface area contributed by atoms with Crippen LogP contribution in [0.2, 0.25) is 0 Å². The Hall–Kier alpha value is -1.69. The molecule has 2 aromatic rings. The van der Waals surface area contributed by atoms with Gasteiger partial charge in [-0.25, -0.2) is 0 Å². The van der Waals surface area contributed by atoms with E-state index in [-0.39, 0.29) is 5.75 Å². The summed E-state index contributed by atoms with van der Waals surface area (Å²) in [4.78, 5) is 0. The second-order valence-corrected chi connectivity index (χ2v) is 5.68. The molecule has 0 N–H and O–H groups in total. The maximum Gasteiger partial charge on any atom is 0.573 e. The highest BCUT2D eigenvalue weighted by Crippen LogP contribution is 2.39. The molecule has 0 aliphatic rings. The molecule has 0 aliphatic carbocycles. The molecule has 0 aromatic heterocycles. The smallest absolute Gasteiger partial charge is 0.493 e. The van der Waals surface area contributed by atoms with Gasteiger partial charge >= 0.3 is 6.36 Å². The predicted molar refractivity (Wildman–Crippen MR) is 87.2 cm³/mol. The molecule has 2 rings (SSSR count).